The molecule has 71 heavy (non-hydrogen) atoms. The number of aromatic nitrogens is 2. The van der Waals surface area contributed by atoms with E-state index in [-0.39, 0.29) is 119 Å². The maximum Gasteiger partial charge on any atom is 0.317 e. The van der Waals surface area contributed by atoms with Gasteiger partial charge in [0.25, 0.3) is 11.9 Å². The van der Waals surface area contributed by atoms with Gasteiger partial charge in [-0.1, -0.05) is 19.9 Å². The van der Waals surface area contributed by atoms with Gasteiger partial charge in [-0.05, 0) is 54.0 Å². The number of rotatable bonds is 27. The van der Waals surface area contributed by atoms with Gasteiger partial charge in [-0.25, -0.2) is 0 Å². The Morgan fingerprint density at radius 2 is 1.18 bits per heavy atom. The standard InChI is InChI=1S/C47H69N9O15/c1-32-26-33-8-9-47(2,3)34(33)27-36(32)71-41-7-6-35(70-41)43(64)50-42-44(65-4)51-46(52-45(42)66-5)49-11-21-68-23-25-69-24-22-67-20-10-48-37(57)28-53-12-14-54(29-38(58)59)16-18-56(31-40(62)63)19-17-55(15-13-53)30-39(60)61/h6-7,26-27H,8-25,28-31H2,1-5H3,(H,48,57)(H,50,64)(H,58,59)(H,60,61)(H,62,63)(H,49,51,52). The average molecular weight is 1000 g/mol. The van der Waals surface area contributed by atoms with Crippen LogP contribution in [0.25, 0.3) is 0 Å². The SMILES string of the molecule is COc1nc(NCCOCCOCCOCCNC(=O)CN2CCN(CC(=O)O)CCN(CC(=O)O)CCN(CC(=O)O)CC2)nc(OC)c1NC(=O)c1ccc(Oc2cc3c(cc2C)CCC3(C)C)o1. The molecule has 2 aliphatic rings. The van der Waals surface area contributed by atoms with Crippen LogP contribution in [0, 0.1) is 6.92 Å². The first-order valence-electron chi connectivity index (χ1n) is 23.5. The van der Waals surface area contributed by atoms with E-state index in [4.69, 9.17) is 32.8 Å². The Morgan fingerprint density at radius 1 is 0.690 bits per heavy atom. The second-order valence-corrected chi connectivity index (χ2v) is 17.7. The Labute approximate surface area is 412 Å². The van der Waals surface area contributed by atoms with Crippen LogP contribution in [-0.2, 0) is 45.2 Å². The number of hydrogen-bond donors (Lipinski definition) is 6. The number of carboxylic acid groups (broad SMARTS) is 3. The van der Waals surface area contributed by atoms with Crippen molar-refractivity contribution in [3.8, 4) is 23.5 Å². The summed E-state index contributed by atoms with van der Waals surface area (Å²) in [6.45, 7) is 10.5. The van der Waals surface area contributed by atoms with E-state index < -0.39 is 23.8 Å². The van der Waals surface area contributed by atoms with Gasteiger partial charge in [0.15, 0.2) is 11.4 Å². The molecule has 6 N–H and O–H groups in total. The number of methoxy groups -OCH3 is 2. The number of ether oxygens (including phenoxy) is 6. The molecule has 1 fully saturated rings. The lowest BCUT2D eigenvalue weighted by molar-refractivity contribution is -0.140. The van der Waals surface area contributed by atoms with E-state index in [1.54, 1.807) is 20.8 Å². The highest BCUT2D eigenvalue weighted by molar-refractivity contribution is 6.03. The van der Waals surface area contributed by atoms with Crippen molar-refractivity contribution in [2.75, 3.05) is 156 Å². The van der Waals surface area contributed by atoms with Crippen molar-refractivity contribution >= 4 is 41.4 Å². The minimum atomic E-state index is -1.03. The summed E-state index contributed by atoms with van der Waals surface area (Å²) in [5.74, 6) is -2.80. The smallest absolute Gasteiger partial charge is 0.317 e. The second kappa shape index (κ2) is 28.0. The lowest BCUT2D eigenvalue weighted by Crippen LogP contribution is -2.50. The molecule has 3 heterocycles. The van der Waals surface area contributed by atoms with Crippen LogP contribution < -0.4 is 30.2 Å². The van der Waals surface area contributed by atoms with Crippen molar-refractivity contribution in [2.24, 2.45) is 0 Å². The van der Waals surface area contributed by atoms with Crippen molar-refractivity contribution in [3.05, 3.63) is 46.7 Å². The van der Waals surface area contributed by atoms with Gasteiger partial charge in [0.05, 0.1) is 80.0 Å². The minimum Gasteiger partial charge on any atom is -0.480 e. The van der Waals surface area contributed by atoms with Crippen molar-refractivity contribution in [3.63, 3.8) is 0 Å². The third kappa shape index (κ3) is 18.5. The predicted octanol–water partition coefficient (Wildman–Crippen LogP) is 1.72. The molecule has 2 amide bonds. The molecule has 0 bridgehead atoms. The molecule has 1 aliphatic heterocycles. The number of benzene rings is 1. The highest BCUT2D eigenvalue weighted by Gasteiger charge is 2.31. The number of nitrogens with one attached hydrogen (secondary N) is 3. The lowest BCUT2D eigenvalue weighted by Gasteiger charge is -2.32. The molecular formula is C47H69N9O15. The largest absolute Gasteiger partial charge is 0.480 e. The number of carbonyl (C=O) groups is 5. The fourth-order valence-electron chi connectivity index (χ4n) is 8.04. The predicted molar refractivity (Wildman–Crippen MR) is 257 cm³/mol. The van der Waals surface area contributed by atoms with E-state index >= 15 is 0 Å². The molecule has 24 heteroatoms. The topological polar surface area (TPSA) is 289 Å². The van der Waals surface area contributed by atoms with Crippen LogP contribution in [0.1, 0.15) is 47.5 Å². The Bertz CT molecular complexity index is 2190. The molecule has 0 saturated carbocycles. The summed E-state index contributed by atoms with van der Waals surface area (Å²) in [6.07, 6.45) is 2.10. The van der Waals surface area contributed by atoms with Crippen molar-refractivity contribution in [2.45, 2.75) is 39.0 Å². The highest BCUT2D eigenvalue weighted by Crippen LogP contribution is 2.42. The molecule has 1 aliphatic carbocycles. The van der Waals surface area contributed by atoms with Crippen LogP contribution in [0.15, 0.2) is 28.7 Å². The van der Waals surface area contributed by atoms with E-state index in [9.17, 15) is 39.3 Å². The van der Waals surface area contributed by atoms with Crippen LogP contribution in [0.5, 0.6) is 23.5 Å². The van der Waals surface area contributed by atoms with Crippen molar-refractivity contribution in [1.29, 1.82) is 0 Å². The lowest BCUT2D eigenvalue weighted by atomic mass is 9.86. The van der Waals surface area contributed by atoms with Crippen LogP contribution in [-0.4, -0.2) is 220 Å². The number of amides is 2. The zero-order chi connectivity index (χ0) is 51.3. The van der Waals surface area contributed by atoms with E-state index in [0.717, 1.165) is 18.4 Å². The first-order valence-corrected chi connectivity index (χ1v) is 23.5. The summed E-state index contributed by atoms with van der Waals surface area (Å²) < 4.78 is 39.6. The number of anilines is 2. The molecule has 0 atom stereocenters. The summed E-state index contributed by atoms with van der Waals surface area (Å²) in [5.41, 5.74) is 3.71. The number of furan rings is 1. The summed E-state index contributed by atoms with van der Waals surface area (Å²) >= 11 is 0. The molecule has 2 aromatic heterocycles. The molecule has 3 aromatic rings. The van der Waals surface area contributed by atoms with Crippen LogP contribution in [0.4, 0.5) is 11.6 Å². The zero-order valence-corrected chi connectivity index (χ0v) is 41.3. The maximum atomic E-state index is 13.3. The quantitative estimate of drug-likeness (QED) is 0.0593. The van der Waals surface area contributed by atoms with Crippen LogP contribution in [0.3, 0.4) is 0 Å². The van der Waals surface area contributed by atoms with Crippen LogP contribution >= 0.6 is 0 Å². The Morgan fingerprint density at radius 3 is 1.69 bits per heavy atom. The second-order valence-electron chi connectivity index (χ2n) is 17.7. The minimum absolute atomic E-state index is 0.00200. The first kappa shape index (κ1) is 55.8. The highest BCUT2D eigenvalue weighted by atomic mass is 16.6. The molecule has 0 unspecified atom stereocenters. The zero-order valence-electron chi connectivity index (χ0n) is 41.3. The molecule has 0 radical (unpaired) electrons. The van der Waals surface area contributed by atoms with Crippen molar-refractivity contribution < 1.29 is 72.1 Å². The number of carboxylic acids is 3. The van der Waals surface area contributed by atoms with Gasteiger partial charge < -0.3 is 64.1 Å². The van der Waals surface area contributed by atoms with E-state index in [1.807, 2.05) is 11.8 Å². The molecule has 0 spiro atoms. The number of aliphatic carboxylic acids is 3. The number of hydrogen-bond acceptors (Lipinski definition) is 19. The summed E-state index contributed by atoms with van der Waals surface area (Å²) in [5, 5.41) is 36.8. The number of aryl methyl sites for hydroxylation is 2. The summed E-state index contributed by atoms with van der Waals surface area (Å²) in [4.78, 5) is 76.3. The van der Waals surface area contributed by atoms with Crippen LogP contribution in [0.2, 0.25) is 0 Å². The van der Waals surface area contributed by atoms with E-state index in [0.29, 0.717) is 64.9 Å². The van der Waals surface area contributed by atoms with Gasteiger partial charge >= 0.3 is 17.9 Å². The molecule has 5 rings (SSSR count). The van der Waals surface area contributed by atoms with E-state index in [2.05, 4.69) is 51.9 Å². The first-order chi connectivity index (χ1) is 34.0. The summed E-state index contributed by atoms with van der Waals surface area (Å²) in [6, 6.07) is 7.30. The fraction of sp³-hybridized carbons (Fsp3) is 0.596. The fourth-order valence-corrected chi connectivity index (χ4v) is 8.04. The number of fused-ring (bicyclic) bond motifs is 1. The Hall–Kier alpha value is -6.15. The molecular weight excluding hydrogens is 931 g/mol. The average Bonchev–Trinajstić information content (AvgIpc) is 3.91. The molecule has 24 nitrogen and oxygen atoms in total. The summed E-state index contributed by atoms with van der Waals surface area (Å²) in [7, 11) is 2.81. The van der Waals surface area contributed by atoms with Gasteiger partial charge in [-0.2, -0.15) is 9.97 Å². The third-order valence-corrected chi connectivity index (χ3v) is 11.8. The monoisotopic (exact) mass is 999 g/mol. The number of carbonyl (C=O) groups excluding carboxylic acids is 2. The molecule has 1 saturated heterocycles. The molecule has 1 aromatic carbocycles. The third-order valence-electron chi connectivity index (χ3n) is 11.8. The van der Waals surface area contributed by atoms with Crippen molar-refractivity contribution in [1.82, 2.24) is 34.9 Å². The van der Waals surface area contributed by atoms with Gasteiger partial charge in [-0.3, -0.25) is 43.6 Å². The maximum absolute atomic E-state index is 13.3. The van der Waals surface area contributed by atoms with Gasteiger partial charge in [-0.15, -0.1) is 0 Å². The van der Waals surface area contributed by atoms with Gasteiger partial charge in [0.2, 0.25) is 23.6 Å². The van der Waals surface area contributed by atoms with E-state index in [1.165, 1.54) is 31.4 Å². The Kier molecular flexibility index (Phi) is 22.0. The van der Waals surface area contributed by atoms with Gasteiger partial charge in [0.1, 0.15) is 5.75 Å². The number of nitrogens with zero attached hydrogens (tertiary/aromatic N) is 6. The van der Waals surface area contributed by atoms with Gasteiger partial charge in [0, 0.05) is 71.5 Å². The normalized spacial score (nSPS) is 16.0. The Balaban J connectivity index is 0.952. The molecule has 392 valence electrons.